The number of aromatic nitrogens is 1. The monoisotopic (exact) mass is 272 g/mol. The lowest BCUT2D eigenvalue weighted by Gasteiger charge is -2.22. The molecule has 0 aromatic carbocycles. The molecule has 0 amide bonds. The summed E-state index contributed by atoms with van der Waals surface area (Å²) in [6.45, 7) is 4.89. The summed E-state index contributed by atoms with van der Waals surface area (Å²) >= 11 is 3.39. The Labute approximate surface area is 109 Å². The van der Waals surface area contributed by atoms with Gasteiger partial charge in [-0.25, -0.2) is 9.78 Å². The van der Waals surface area contributed by atoms with Gasteiger partial charge in [0.2, 0.25) is 0 Å². The first-order chi connectivity index (χ1) is 8.00. The maximum atomic E-state index is 10.9. The molecule has 1 aliphatic heterocycles. The van der Waals surface area contributed by atoms with E-state index in [1.165, 1.54) is 29.9 Å². The number of hydrogen-bond donors (Lipinski definition) is 2. The second-order valence-electron chi connectivity index (χ2n) is 4.48. The zero-order valence-corrected chi connectivity index (χ0v) is 11.6. The van der Waals surface area contributed by atoms with Crippen LogP contribution in [0.25, 0.3) is 0 Å². The maximum Gasteiger partial charge on any atom is 0.355 e. The topological polar surface area (TPSA) is 62.2 Å². The highest BCUT2D eigenvalue weighted by atomic mass is 32.2. The number of carboxylic acid groups (broad SMARTS) is 1. The first-order valence-electron chi connectivity index (χ1n) is 5.59. The number of thiazole rings is 1. The van der Waals surface area contributed by atoms with E-state index in [0.717, 1.165) is 11.4 Å². The third-order valence-electron chi connectivity index (χ3n) is 2.91. The van der Waals surface area contributed by atoms with Gasteiger partial charge >= 0.3 is 5.97 Å². The van der Waals surface area contributed by atoms with Crippen molar-refractivity contribution in [2.24, 2.45) is 0 Å². The fraction of sp³-hybridized carbons (Fsp3) is 0.636. The van der Waals surface area contributed by atoms with Crippen molar-refractivity contribution in [2.45, 2.75) is 31.4 Å². The van der Waals surface area contributed by atoms with Crippen molar-refractivity contribution >= 4 is 34.2 Å². The summed E-state index contributed by atoms with van der Waals surface area (Å²) in [7, 11) is 0. The van der Waals surface area contributed by atoms with Crippen LogP contribution >= 0.6 is 23.1 Å². The van der Waals surface area contributed by atoms with Crippen LogP contribution in [0.4, 0.5) is 5.13 Å². The number of nitrogens with one attached hydrogen (secondary N) is 1. The Bertz CT molecular complexity index is 425. The van der Waals surface area contributed by atoms with E-state index in [1.807, 2.05) is 11.8 Å². The number of aromatic carboxylic acids is 1. The minimum Gasteiger partial charge on any atom is -0.476 e. The highest BCUT2D eigenvalue weighted by Gasteiger charge is 2.29. The molecule has 1 saturated heterocycles. The molecule has 1 atom stereocenters. The molecule has 0 spiro atoms. The lowest BCUT2D eigenvalue weighted by atomic mass is 10.1. The van der Waals surface area contributed by atoms with Gasteiger partial charge in [0.1, 0.15) is 0 Å². The Balaban J connectivity index is 1.99. The molecule has 17 heavy (non-hydrogen) atoms. The molecule has 1 fully saturated rings. The zero-order chi connectivity index (χ0) is 12.5. The Morgan fingerprint density at radius 2 is 2.41 bits per heavy atom. The molecular formula is C11H16N2O2S2. The van der Waals surface area contributed by atoms with E-state index in [9.17, 15) is 4.79 Å². The third-order valence-corrected chi connectivity index (χ3v) is 5.38. The molecule has 4 nitrogen and oxygen atoms in total. The van der Waals surface area contributed by atoms with E-state index in [4.69, 9.17) is 5.11 Å². The highest BCUT2D eigenvalue weighted by Crippen LogP contribution is 2.38. The quantitative estimate of drug-likeness (QED) is 0.882. The van der Waals surface area contributed by atoms with Crippen LogP contribution < -0.4 is 5.32 Å². The van der Waals surface area contributed by atoms with Gasteiger partial charge in [0, 0.05) is 16.2 Å². The fourth-order valence-electron chi connectivity index (χ4n) is 1.91. The van der Waals surface area contributed by atoms with Gasteiger partial charge in [-0.15, -0.1) is 11.3 Å². The molecule has 1 aliphatic rings. The summed E-state index contributed by atoms with van der Waals surface area (Å²) in [6, 6.07) is 0. The number of rotatable bonds is 4. The van der Waals surface area contributed by atoms with Crippen molar-refractivity contribution in [3.63, 3.8) is 0 Å². The molecule has 1 aromatic rings. The molecule has 1 aromatic heterocycles. The number of aryl methyl sites for hydroxylation is 1. The zero-order valence-electron chi connectivity index (χ0n) is 9.95. The molecule has 0 radical (unpaired) electrons. The Morgan fingerprint density at radius 1 is 1.65 bits per heavy atom. The van der Waals surface area contributed by atoms with Crippen LogP contribution in [0.2, 0.25) is 0 Å². The molecule has 94 valence electrons. The van der Waals surface area contributed by atoms with Crippen molar-refractivity contribution in [2.75, 3.05) is 17.6 Å². The number of thioether (sulfide) groups is 1. The summed E-state index contributed by atoms with van der Waals surface area (Å²) in [5.41, 5.74) is 0.168. The second-order valence-corrected chi connectivity index (χ2v) is 7.37. The average molecular weight is 272 g/mol. The normalized spacial score (nSPS) is 23.9. The molecule has 2 rings (SSSR count). The smallest absolute Gasteiger partial charge is 0.355 e. The number of carboxylic acids is 1. The summed E-state index contributed by atoms with van der Waals surface area (Å²) < 4.78 is 0.267. The molecule has 2 N–H and O–H groups in total. The number of anilines is 1. The van der Waals surface area contributed by atoms with Gasteiger partial charge in [-0.1, -0.05) is 0 Å². The standard InChI is InChI=1S/C11H16N2O2S2/c1-7-8(9(14)15)13-10(17-7)12-6-11(2)4-3-5-16-11/h3-6H2,1-2H3,(H,12,13)(H,14,15). The number of nitrogens with zero attached hydrogens (tertiary/aromatic N) is 1. The van der Waals surface area contributed by atoms with Crippen molar-refractivity contribution in [3.05, 3.63) is 10.6 Å². The molecular weight excluding hydrogens is 256 g/mol. The molecule has 0 saturated carbocycles. The Morgan fingerprint density at radius 3 is 2.94 bits per heavy atom. The van der Waals surface area contributed by atoms with Crippen molar-refractivity contribution in [3.8, 4) is 0 Å². The maximum absolute atomic E-state index is 10.9. The molecule has 6 heteroatoms. The van der Waals surface area contributed by atoms with Gasteiger partial charge < -0.3 is 10.4 Å². The summed E-state index contributed by atoms with van der Waals surface area (Å²) in [5, 5.41) is 12.9. The van der Waals surface area contributed by atoms with Gasteiger partial charge in [0.15, 0.2) is 10.8 Å². The van der Waals surface area contributed by atoms with E-state index >= 15 is 0 Å². The number of carbonyl (C=O) groups is 1. The summed E-state index contributed by atoms with van der Waals surface area (Å²) in [6.07, 6.45) is 2.47. The SMILES string of the molecule is Cc1sc(NCC2(C)CCCS2)nc1C(=O)O. The van der Waals surface area contributed by atoms with Crippen LogP contribution in [0.1, 0.15) is 35.1 Å². The van der Waals surface area contributed by atoms with E-state index in [0.29, 0.717) is 5.13 Å². The van der Waals surface area contributed by atoms with Gasteiger partial charge in [-0.05, 0) is 32.4 Å². The first kappa shape index (κ1) is 12.7. The van der Waals surface area contributed by atoms with Crippen LogP contribution in [-0.2, 0) is 0 Å². The van der Waals surface area contributed by atoms with Gasteiger partial charge in [-0.2, -0.15) is 11.8 Å². The average Bonchev–Trinajstić information content (AvgIpc) is 2.83. The van der Waals surface area contributed by atoms with Crippen molar-refractivity contribution < 1.29 is 9.90 Å². The highest BCUT2D eigenvalue weighted by molar-refractivity contribution is 8.00. The summed E-state index contributed by atoms with van der Waals surface area (Å²) in [4.78, 5) is 15.7. The van der Waals surface area contributed by atoms with Gasteiger partial charge in [-0.3, -0.25) is 0 Å². The number of hydrogen-bond acceptors (Lipinski definition) is 5. The Hall–Kier alpha value is -0.750. The minimum absolute atomic E-state index is 0.168. The van der Waals surface area contributed by atoms with E-state index in [2.05, 4.69) is 17.2 Å². The molecule has 1 unspecified atom stereocenters. The molecule has 2 heterocycles. The van der Waals surface area contributed by atoms with E-state index < -0.39 is 5.97 Å². The van der Waals surface area contributed by atoms with E-state index in [-0.39, 0.29) is 10.4 Å². The van der Waals surface area contributed by atoms with Crippen molar-refractivity contribution in [1.29, 1.82) is 0 Å². The van der Waals surface area contributed by atoms with E-state index in [1.54, 1.807) is 6.92 Å². The Kier molecular flexibility index (Phi) is 3.63. The fourth-order valence-corrected chi connectivity index (χ4v) is 3.95. The van der Waals surface area contributed by atoms with Gasteiger partial charge in [0.25, 0.3) is 0 Å². The van der Waals surface area contributed by atoms with Crippen LogP contribution in [0.5, 0.6) is 0 Å². The van der Waals surface area contributed by atoms with Crippen LogP contribution in [0.3, 0.4) is 0 Å². The second kappa shape index (κ2) is 4.86. The third kappa shape index (κ3) is 2.93. The van der Waals surface area contributed by atoms with Crippen LogP contribution in [0, 0.1) is 6.92 Å². The lowest BCUT2D eigenvalue weighted by Crippen LogP contribution is -2.27. The first-order valence-corrected chi connectivity index (χ1v) is 7.39. The van der Waals surface area contributed by atoms with Crippen LogP contribution in [0.15, 0.2) is 0 Å². The molecule has 0 bridgehead atoms. The van der Waals surface area contributed by atoms with Crippen molar-refractivity contribution in [1.82, 2.24) is 4.98 Å². The van der Waals surface area contributed by atoms with Crippen LogP contribution in [-0.4, -0.2) is 33.1 Å². The minimum atomic E-state index is -0.951. The van der Waals surface area contributed by atoms with Gasteiger partial charge in [0.05, 0.1) is 0 Å². The lowest BCUT2D eigenvalue weighted by molar-refractivity contribution is 0.0690. The summed E-state index contributed by atoms with van der Waals surface area (Å²) in [5.74, 6) is 0.267. The predicted octanol–water partition coefficient (Wildman–Crippen LogP) is 2.85. The largest absolute Gasteiger partial charge is 0.476 e. The molecule has 0 aliphatic carbocycles. The predicted molar refractivity (Wildman–Crippen MR) is 72.4 cm³/mol.